The largest absolute Gasteiger partial charge is 0.383 e. The van der Waals surface area contributed by atoms with E-state index in [0.29, 0.717) is 28.0 Å². The van der Waals surface area contributed by atoms with Gasteiger partial charge in [0.05, 0.1) is 21.8 Å². The number of anilines is 1. The van der Waals surface area contributed by atoms with E-state index >= 15 is 0 Å². The monoisotopic (exact) mass is 339 g/mol. The van der Waals surface area contributed by atoms with E-state index in [2.05, 4.69) is 20.2 Å². The van der Waals surface area contributed by atoms with Crippen molar-refractivity contribution in [2.75, 3.05) is 5.73 Å². The second-order valence-electron chi connectivity index (χ2n) is 4.37. The smallest absolute Gasteiger partial charge is 0.191 e. The number of nitrogens with two attached hydrogens (primary N) is 1. The molecule has 0 unspecified atom stereocenters. The highest BCUT2D eigenvalue weighted by atomic mass is 32.2. The van der Waals surface area contributed by atoms with Crippen molar-refractivity contribution in [3.63, 3.8) is 0 Å². The van der Waals surface area contributed by atoms with E-state index in [1.54, 1.807) is 11.3 Å². The summed E-state index contributed by atoms with van der Waals surface area (Å²) >= 11 is 2.88. The van der Waals surface area contributed by atoms with Gasteiger partial charge in [-0.1, -0.05) is 17.8 Å². The first-order chi connectivity index (χ1) is 11.2. The van der Waals surface area contributed by atoms with Gasteiger partial charge in [-0.2, -0.15) is 15.6 Å². The molecule has 3 N–H and O–H groups in total. The van der Waals surface area contributed by atoms with Crippen molar-refractivity contribution in [2.24, 2.45) is 0 Å². The Hall–Kier alpha value is -2.88. The molecule has 112 valence electrons. The molecule has 3 aromatic rings. The number of nitrogens with zero attached hydrogens (tertiary/aromatic N) is 5. The van der Waals surface area contributed by atoms with Gasteiger partial charge in [0.1, 0.15) is 28.8 Å². The van der Waals surface area contributed by atoms with Crippen LogP contribution in [0.3, 0.4) is 0 Å². The number of thiophene rings is 1. The zero-order chi connectivity index (χ0) is 16.2. The van der Waals surface area contributed by atoms with Crippen LogP contribution in [0.25, 0.3) is 10.7 Å². The fourth-order valence-electron chi connectivity index (χ4n) is 1.80. The van der Waals surface area contributed by atoms with Crippen LogP contribution < -0.4 is 5.73 Å². The standard InChI is InChI=1S/C14H9N7S2/c15-5-8-4-9(6-16)14(19-12(8)17)23-7-11-18-13(21-20-11)10-2-1-3-22-10/h1-4H,7H2,(H2,17,19)(H,18,20,21). The molecule has 0 aliphatic rings. The highest BCUT2D eigenvalue weighted by molar-refractivity contribution is 7.98. The molecule has 0 spiro atoms. The summed E-state index contributed by atoms with van der Waals surface area (Å²) in [4.78, 5) is 9.51. The van der Waals surface area contributed by atoms with E-state index in [0.717, 1.165) is 4.88 Å². The number of nitrogens with one attached hydrogen (secondary N) is 1. The van der Waals surface area contributed by atoms with Gasteiger partial charge in [-0.15, -0.1) is 11.3 Å². The second-order valence-corrected chi connectivity index (χ2v) is 6.28. The molecule has 0 aliphatic heterocycles. The van der Waals surface area contributed by atoms with Crippen molar-refractivity contribution in [3.8, 4) is 22.8 Å². The SMILES string of the molecule is N#Cc1cc(C#N)c(SCc2nc(-c3cccs3)n[nH]2)nc1N. The topological polar surface area (TPSA) is 128 Å². The van der Waals surface area contributed by atoms with Crippen molar-refractivity contribution in [2.45, 2.75) is 10.8 Å². The van der Waals surface area contributed by atoms with Crippen LogP contribution in [-0.2, 0) is 5.75 Å². The molecule has 7 nitrogen and oxygen atoms in total. The molecule has 3 aromatic heterocycles. The number of aromatic amines is 1. The summed E-state index contributed by atoms with van der Waals surface area (Å²) in [5.74, 6) is 1.90. The molecule has 3 heterocycles. The normalized spacial score (nSPS) is 10.2. The lowest BCUT2D eigenvalue weighted by Crippen LogP contribution is -1.99. The van der Waals surface area contributed by atoms with Gasteiger partial charge in [-0.3, -0.25) is 5.10 Å². The molecule has 0 aromatic carbocycles. The average molecular weight is 339 g/mol. The predicted octanol–water partition coefficient (Wildman–Crippen LogP) is 2.55. The molecule has 0 saturated heterocycles. The first-order valence-electron chi connectivity index (χ1n) is 6.40. The Bertz CT molecular complexity index is 916. The number of H-pyrrole nitrogens is 1. The van der Waals surface area contributed by atoms with Gasteiger partial charge >= 0.3 is 0 Å². The van der Waals surface area contributed by atoms with Crippen LogP contribution in [0.1, 0.15) is 17.0 Å². The first kappa shape index (κ1) is 15.0. The minimum atomic E-state index is 0.117. The van der Waals surface area contributed by atoms with Crippen LogP contribution in [0.4, 0.5) is 5.82 Å². The molecule has 0 atom stereocenters. The minimum absolute atomic E-state index is 0.117. The van der Waals surface area contributed by atoms with E-state index in [1.165, 1.54) is 17.8 Å². The first-order valence-corrected chi connectivity index (χ1v) is 8.26. The molecule has 0 saturated carbocycles. The number of thioether (sulfide) groups is 1. The van der Waals surface area contributed by atoms with Crippen LogP contribution in [0.2, 0.25) is 0 Å². The third-order valence-electron chi connectivity index (χ3n) is 2.88. The zero-order valence-corrected chi connectivity index (χ0v) is 13.3. The predicted molar refractivity (Wildman–Crippen MR) is 87.3 cm³/mol. The Morgan fingerprint density at radius 3 is 2.78 bits per heavy atom. The molecular formula is C14H9N7S2. The summed E-state index contributed by atoms with van der Waals surface area (Å²) in [5, 5.41) is 27.6. The Morgan fingerprint density at radius 1 is 1.26 bits per heavy atom. The van der Waals surface area contributed by atoms with E-state index in [1.807, 2.05) is 29.7 Å². The van der Waals surface area contributed by atoms with Gasteiger partial charge in [0.25, 0.3) is 0 Å². The van der Waals surface area contributed by atoms with Gasteiger partial charge in [-0.05, 0) is 17.5 Å². The van der Waals surface area contributed by atoms with Gasteiger partial charge in [0, 0.05) is 0 Å². The molecule has 9 heteroatoms. The van der Waals surface area contributed by atoms with E-state index in [9.17, 15) is 0 Å². The van der Waals surface area contributed by atoms with Gasteiger partial charge in [0.15, 0.2) is 5.82 Å². The van der Waals surface area contributed by atoms with Crippen molar-refractivity contribution < 1.29 is 0 Å². The molecule has 0 aliphatic carbocycles. The fourth-order valence-corrected chi connectivity index (χ4v) is 3.29. The number of nitriles is 2. The Labute approximate surface area is 139 Å². The highest BCUT2D eigenvalue weighted by Gasteiger charge is 2.12. The average Bonchev–Trinajstić information content (AvgIpc) is 3.24. The van der Waals surface area contributed by atoms with Crippen molar-refractivity contribution in [3.05, 3.63) is 40.5 Å². The van der Waals surface area contributed by atoms with Crippen LogP contribution in [0.15, 0.2) is 28.6 Å². The number of hydrogen-bond acceptors (Lipinski definition) is 8. The third-order valence-corrected chi connectivity index (χ3v) is 4.75. The molecule has 0 fully saturated rings. The number of pyridine rings is 1. The molecule has 3 rings (SSSR count). The molecule has 23 heavy (non-hydrogen) atoms. The zero-order valence-electron chi connectivity index (χ0n) is 11.6. The van der Waals surface area contributed by atoms with Crippen LogP contribution in [0.5, 0.6) is 0 Å². The maximum absolute atomic E-state index is 9.17. The number of nitrogen functional groups attached to an aromatic ring is 1. The Kier molecular flexibility index (Phi) is 4.24. The molecule has 0 bridgehead atoms. The highest BCUT2D eigenvalue weighted by Crippen LogP contribution is 2.27. The van der Waals surface area contributed by atoms with Crippen molar-refractivity contribution in [1.82, 2.24) is 20.2 Å². The second kappa shape index (κ2) is 6.48. The number of rotatable bonds is 4. The van der Waals surface area contributed by atoms with Crippen LogP contribution in [0, 0.1) is 22.7 Å². The Balaban J connectivity index is 1.78. The minimum Gasteiger partial charge on any atom is -0.383 e. The molecule has 0 amide bonds. The van der Waals surface area contributed by atoms with E-state index < -0.39 is 0 Å². The van der Waals surface area contributed by atoms with Gasteiger partial charge < -0.3 is 5.73 Å². The van der Waals surface area contributed by atoms with Gasteiger partial charge in [0.2, 0.25) is 0 Å². The van der Waals surface area contributed by atoms with Crippen LogP contribution in [-0.4, -0.2) is 20.2 Å². The Morgan fingerprint density at radius 2 is 2.09 bits per heavy atom. The lowest BCUT2D eigenvalue weighted by atomic mass is 10.2. The van der Waals surface area contributed by atoms with Crippen LogP contribution >= 0.6 is 23.1 Å². The van der Waals surface area contributed by atoms with Gasteiger partial charge in [-0.25, -0.2) is 9.97 Å². The lowest BCUT2D eigenvalue weighted by Gasteiger charge is -2.04. The maximum Gasteiger partial charge on any atom is 0.191 e. The quantitative estimate of drug-likeness (QED) is 0.699. The fraction of sp³-hybridized carbons (Fsp3) is 0.0714. The summed E-state index contributed by atoms with van der Waals surface area (Å²) in [5.41, 5.74) is 6.22. The summed E-state index contributed by atoms with van der Waals surface area (Å²) in [6, 6.07) is 9.27. The van der Waals surface area contributed by atoms with E-state index in [-0.39, 0.29) is 11.4 Å². The van der Waals surface area contributed by atoms with Crippen molar-refractivity contribution >= 4 is 28.9 Å². The lowest BCUT2D eigenvalue weighted by molar-refractivity contribution is 1.02. The number of aromatic nitrogens is 4. The molecular weight excluding hydrogens is 330 g/mol. The summed E-state index contributed by atoms with van der Waals surface area (Å²) < 4.78 is 0. The van der Waals surface area contributed by atoms with E-state index in [4.69, 9.17) is 16.3 Å². The third kappa shape index (κ3) is 3.16. The summed E-state index contributed by atoms with van der Waals surface area (Å²) in [7, 11) is 0. The molecule has 0 radical (unpaired) electrons. The number of hydrogen-bond donors (Lipinski definition) is 2. The summed E-state index contributed by atoms with van der Waals surface area (Å²) in [6.45, 7) is 0. The summed E-state index contributed by atoms with van der Waals surface area (Å²) in [6.07, 6.45) is 0. The maximum atomic E-state index is 9.17. The van der Waals surface area contributed by atoms with Crippen molar-refractivity contribution in [1.29, 1.82) is 10.5 Å².